The summed E-state index contributed by atoms with van der Waals surface area (Å²) in [6.45, 7) is 10.1. The first kappa shape index (κ1) is 19.1. The maximum atomic E-state index is 12.5. The molecule has 0 spiro atoms. The molecule has 0 aliphatic carbocycles. The average molecular weight is 347 g/mol. The third-order valence-corrected chi connectivity index (χ3v) is 7.14. The van der Waals surface area contributed by atoms with Crippen LogP contribution in [0.4, 0.5) is 0 Å². The minimum atomic E-state index is -3.08. The molecule has 2 aliphatic heterocycles. The molecule has 0 amide bonds. The van der Waals surface area contributed by atoms with E-state index in [1.54, 1.807) is 4.31 Å². The van der Waals surface area contributed by atoms with Crippen LogP contribution in [-0.4, -0.2) is 87.2 Å². The van der Waals surface area contributed by atoms with Gasteiger partial charge in [-0.05, 0) is 64.3 Å². The third kappa shape index (κ3) is 5.98. The summed E-state index contributed by atoms with van der Waals surface area (Å²) in [4.78, 5) is 4.74. The summed E-state index contributed by atoms with van der Waals surface area (Å²) < 4.78 is 26.6. The number of hydrogen-bond donors (Lipinski definition) is 1. The van der Waals surface area contributed by atoms with Crippen LogP contribution in [0.3, 0.4) is 0 Å². The number of hydrogen-bond acceptors (Lipinski definition) is 5. The number of piperidine rings is 1. The fraction of sp³-hybridized carbons (Fsp3) is 1.00. The summed E-state index contributed by atoms with van der Waals surface area (Å²) in [6.07, 6.45) is 4.18. The molecule has 2 aliphatic rings. The Kier molecular flexibility index (Phi) is 7.75. The summed E-state index contributed by atoms with van der Waals surface area (Å²) in [5, 5.41) is 0. The number of sulfonamides is 1. The first-order valence-electron chi connectivity index (χ1n) is 9.17. The molecule has 2 saturated heterocycles. The summed E-state index contributed by atoms with van der Waals surface area (Å²) in [5.74, 6) is 0.951. The highest BCUT2D eigenvalue weighted by molar-refractivity contribution is 7.89. The van der Waals surface area contributed by atoms with Gasteiger partial charge in [0.15, 0.2) is 0 Å². The van der Waals surface area contributed by atoms with Gasteiger partial charge in [0.05, 0.1) is 5.75 Å². The fourth-order valence-corrected chi connectivity index (χ4v) is 5.06. The lowest BCUT2D eigenvalue weighted by atomic mass is 9.97. The van der Waals surface area contributed by atoms with Crippen molar-refractivity contribution < 1.29 is 8.42 Å². The molecule has 7 heteroatoms. The molecule has 2 heterocycles. The maximum absolute atomic E-state index is 12.5. The topological polar surface area (TPSA) is 69.9 Å². The number of nitrogens with zero attached hydrogens (tertiary/aromatic N) is 3. The van der Waals surface area contributed by atoms with Crippen molar-refractivity contribution in [2.45, 2.75) is 32.6 Å². The van der Waals surface area contributed by atoms with Crippen molar-refractivity contribution in [3.63, 3.8) is 0 Å². The molecule has 0 aromatic heterocycles. The van der Waals surface area contributed by atoms with Gasteiger partial charge in [0.1, 0.15) is 0 Å². The van der Waals surface area contributed by atoms with Crippen LogP contribution < -0.4 is 5.73 Å². The molecule has 2 rings (SSSR count). The Labute approximate surface area is 142 Å². The van der Waals surface area contributed by atoms with E-state index in [2.05, 4.69) is 16.7 Å². The van der Waals surface area contributed by atoms with Crippen molar-refractivity contribution in [3.05, 3.63) is 0 Å². The molecular formula is C16H34N4O2S. The maximum Gasteiger partial charge on any atom is 0.214 e. The highest BCUT2D eigenvalue weighted by atomic mass is 32.2. The van der Waals surface area contributed by atoms with Gasteiger partial charge in [-0.15, -0.1) is 0 Å². The molecule has 23 heavy (non-hydrogen) atoms. The largest absolute Gasteiger partial charge is 0.330 e. The zero-order valence-electron chi connectivity index (χ0n) is 14.6. The van der Waals surface area contributed by atoms with E-state index in [-0.39, 0.29) is 5.75 Å². The molecule has 0 aromatic rings. The zero-order valence-corrected chi connectivity index (χ0v) is 15.4. The normalized spacial score (nSPS) is 23.4. The molecule has 0 radical (unpaired) electrons. The van der Waals surface area contributed by atoms with Crippen LogP contribution in [-0.2, 0) is 10.0 Å². The van der Waals surface area contributed by atoms with Crippen molar-refractivity contribution in [3.8, 4) is 0 Å². The smallest absolute Gasteiger partial charge is 0.214 e. The first-order chi connectivity index (χ1) is 11.0. The lowest BCUT2D eigenvalue weighted by Crippen LogP contribution is -2.49. The van der Waals surface area contributed by atoms with Crippen LogP contribution in [0.5, 0.6) is 0 Å². The average Bonchev–Trinajstić information content (AvgIpc) is 2.56. The molecule has 0 aromatic carbocycles. The molecular weight excluding hydrogens is 312 g/mol. The van der Waals surface area contributed by atoms with E-state index in [1.165, 1.54) is 0 Å². The standard InChI is InChI=1S/C16H34N4O2S/c1-2-6-18-10-12-20(13-11-18)23(21,22)14-3-7-19-8-4-16(15-17)5-9-19/h16H,2-15,17H2,1H3. The van der Waals surface area contributed by atoms with Crippen molar-refractivity contribution in [2.24, 2.45) is 11.7 Å². The van der Waals surface area contributed by atoms with Crippen molar-refractivity contribution in [1.29, 1.82) is 0 Å². The van der Waals surface area contributed by atoms with E-state index >= 15 is 0 Å². The lowest BCUT2D eigenvalue weighted by Gasteiger charge is -2.34. The second-order valence-corrected chi connectivity index (χ2v) is 9.02. The molecule has 0 atom stereocenters. The van der Waals surface area contributed by atoms with E-state index in [0.717, 1.165) is 71.5 Å². The number of rotatable bonds is 8. The van der Waals surface area contributed by atoms with E-state index in [0.29, 0.717) is 19.0 Å². The lowest BCUT2D eigenvalue weighted by molar-refractivity contribution is 0.184. The Morgan fingerprint density at radius 2 is 1.57 bits per heavy atom. The third-order valence-electron chi connectivity index (χ3n) is 5.18. The SMILES string of the molecule is CCCN1CCN(S(=O)(=O)CCCN2CCC(CN)CC2)CC1. The minimum Gasteiger partial charge on any atom is -0.330 e. The summed E-state index contributed by atoms with van der Waals surface area (Å²) in [7, 11) is -3.08. The second kappa shape index (κ2) is 9.32. The Morgan fingerprint density at radius 1 is 0.957 bits per heavy atom. The van der Waals surface area contributed by atoms with Gasteiger partial charge in [0, 0.05) is 26.2 Å². The highest BCUT2D eigenvalue weighted by Crippen LogP contribution is 2.16. The number of likely N-dealkylation sites (tertiary alicyclic amines) is 1. The molecule has 2 fully saturated rings. The Hall–Kier alpha value is -0.210. The summed E-state index contributed by atoms with van der Waals surface area (Å²) in [6, 6.07) is 0. The van der Waals surface area contributed by atoms with Crippen molar-refractivity contribution in [1.82, 2.24) is 14.1 Å². The van der Waals surface area contributed by atoms with E-state index in [1.807, 2.05) is 0 Å². The Balaban J connectivity index is 1.66. The van der Waals surface area contributed by atoms with Crippen LogP contribution in [0, 0.1) is 5.92 Å². The predicted octanol–water partition coefficient (Wildman–Crippen LogP) is 0.405. The van der Waals surface area contributed by atoms with Crippen molar-refractivity contribution >= 4 is 10.0 Å². The van der Waals surface area contributed by atoms with Gasteiger partial charge in [-0.3, -0.25) is 0 Å². The zero-order chi connectivity index (χ0) is 16.7. The quantitative estimate of drug-likeness (QED) is 0.689. The van der Waals surface area contributed by atoms with Crippen LogP contribution in [0.15, 0.2) is 0 Å². The van der Waals surface area contributed by atoms with Gasteiger partial charge in [-0.1, -0.05) is 6.92 Å². The van der Waals surface area contributed by atoms with E-state index < -0.39 is 10.0 Å². The first-order valence-corrected chi connectivity index (χ1v) is 10.8. The fourth-order valence-electron chi connectivity index (χ4n) is 3.59. The number of nitrogens with two attached hydrogens (primary N) is 1. The van der Waals surface area contributed by atoms with Gasteiger partial charge < -0.3 is 15.5 Å². The summed E-state index contributed by atoms with van der Waals surface area (Å²) >= 11 is 0. The number of piperazine rings is 1. The van der Waals surface area contributed by atoms with Crippen LogP contribution in [0.25, 0.3) is 0 Å². The van der Waals surface area contributed by atoms with Gasteiger partial charge in [0.25, 0.3) is 0 Å². The van der Waals surface area contributed by atoms with Gasteiger partial charge >= 0.3 is 0 Å². The van der Waals surface area contributed by atoms with Gasteiger partial charge in [-0.25, -0.2) is 8.42 Å². The molecule has 0 bridgehead atoms. The highest BCUT2D eigenvalue weighted by Gasteiger charge is 2.26. The molecule has 0 saturated carbocycles. The predicted molar refractivity (Wildman–Crippen MR) is 94.9 cm³/mol. The van der Waals surface area contributed by atoms with Crippen LogP contribution in [0.2, 0.25) is 0 Å². The van der Waals surface area contributed by atoms with Crippen LogP contribution in [0.1, 0.15) is 32.6 Å². The Bertz CT molecular complexity index is 427. The molecule has 136 valence electrons. The minimum absolute atomic E-state index is 0.289. The van der Waals surface area contributed by atoms with E-state index in [4.69, 9.17) is 5.73 Å². The van der Waals surface area contributed by atoms with Gasteiger partial charge in [-0.2, -0.15) is 4.31 Å². The van der Waals surface area contributed by atoms with E-state index in [9.17, 15) is 8.42 Å². The molecule has 2 N–H and O–H groups in total. The Morgan fingerprint density at radius 3 is 2.13 bits per heavy atom. The van der Waals surface area contributed by atoms with Gasteiger partial charge in [0.2, 0.25) is 10.0 Å². The molecule has 6 nitrogen and oxygen atoms in total. The summed E-state index contributed by atoms with van der Waals surface area (Å²) in [5.41, 5.74) is 5.71. The van der Waals surface area contributed by atoms with Crippen molar-refractivity contribution in [2.75, 3.05) is 64.7 Å². The monoisotopic (exact) mass is 346 g/mol. The molecule has 0 unspecified atom stereocenters. The second-order valence-electron chi connectivity index (χ2n) is 6.93. The van der Waals surface area contributed by atoms with Crippen LogP contribution >= 0.6 is 0 Å².